The number of hydrogen-bond donors (Lipinski definition) is 1. The van der Waals surface area contributed by atoms with E-state index in [1.165, 1.54) is 6.08 Å². The molecule has 0 aliphatic carbocycles. The third kappa shape index (κ3) is 3.24. The van der Waals surface area contributed by atoms with Crippen LogP contribution in [0.3, 0.4) is 0 Å². The largest absolute Gasteiger partial charge is 0.322 e. The predicted octanol–water partition coefficient (Wildman–Crippen LogP) is 3.32. The molecule has 0 atom stereocenters. The molecule has 0 radical (unpaired) electrons. The Bertz CT molecular complexity index is 367. The Kier molecular flexibility index (Phi) is 4.10. The fraction of sp³-hybridized carbons (Fsp3) is 0.308. The second-order valence-corrected chi connectivity index (χ2v) is 3.73. The average Bonchev–Trinajstić information content (AvgIpc) is 2.18. The van der Waals surface area contributed by atoms with Crippen molar-refractivity contribution in [3.63, 3.8) is 0 Å². The Morgan fingerprint density at radius 1 is 1.33 bits per heavy atom. The van der Waals surface area contributed by atoms with Crippen LogP contribution in [0.2, 0.25) is 0 Å². The van der Waals surface area contributed by atoms with Gasteiger partial charge in [0.2, 0.25) is 5.91 Å². The van der Waals surface area contributed by atoms with Gasteiger partial charge in [0.15, 0.2) is 0 Å². The second kappa shape index (κ2) is 5.35. The number of carbonyl (C=O) groups excluding carboxylic acids is 1. The van der Waals surface area contributed by atoms with Crippen molar-refractivity contribution in [1.82, 2.24) is 0 Å². The minimum Gasteiger partial charge on any atom is -0.322 e. The standard InChI is InChI=1S/C13H17NO/c1-4-7-13(15)14-12-9-6-5-8-11(12)10(2)3/h4-10H,1-3H3,(H,14,15)/b7-4+. The highest BCUT2D eigenvalue weighted by Gasteiger charge is 2.06. The van der Waals surface area contributed by atoms with Crippen LogP contribution >= 0.6 is 0 Å². The van der Waals surface area contributed by atoms with Crippen molar-refractivity contribution in [2.24, 2.45) is 0 Å². The molecule has 0 spiro atoms. The maximum Gasteiger partial charge on any atom is 0.248 e. The van der Waals surface area contributed by atoms with Crippen molar-refractivity contribution in [2.75, 3.05) is 5.32 Å². The molecule has 0 bridgehead atoms. The fourth-order valence-corrected chi connectivity index (χ4v) is 1.44. The van der Waals surface area contributed by atoms with Crippen LogP contribution in [0.1, 0.15) is 32.3 Å². The van der Waals surface area contributed by atoms with Gasteiger partial charge in [0, 0.05) is 5.69 Å². The Morgan fingerprint density at radius 3 is 2.60 bits per heavy atom. The van der Waals surface area contributed by atoms with Crippen molar-refractivity contribution in [1.29, 1.82) is 0 Å². The Morgan fingerprint density at radius 2 is 2.00 bits per heavy atom. The summed E-state index contributed by atoms with van der Waals surface area (Å²) in [4.78, 5) is 11.4. The summed E-state index contributed by atoms with van der Waals surface area (Å²) < 4.78 is 0. The molecule has 1 aromatic rings. The lowest BCUT2D eigenvalue weighted by Crippen LogP contribution is -2.10. The molecule has 0 saturated heterocycles. The predicted molar refractivity (Wildman–Crippen MR) is 64.0 cm³/mol. The number of para-hydroxylation sites is 1. The van der Waals surface area contributed by atoms with E-state index in [-0.39, 0.29) is 5.91 Å². The van der Waals surface area contributed by atoms with Gasteiger partial charge in [0.1, 0.15) is 0 Å². The van der Waals surface area contributed by atoms with Crippen LogP contribution < -0.4 is 5.32 Å². The van der Waals surface area contributed by atoms with Gasteiger partial charge in [0.05, 0.1) is 0 Å². The summed E-state index contributed by atoms with van der Waals surface area (Å²) in [5.74, 6) is 0.331. The van der Waals surface area contributed by atoms with E-state index >= 15 is 0 Å². The van der Waals surface area contributed by atoms with Crippen molar-refractivity contribution in [3.05, 3.63) is 42.0 Å². The SMILES string of the molecule is C/C=C/C(=O)Nc1ccccc1C(C)C. The van der Waals surface area contributed by atoms with E-state index in [0.717, 1.165) is 11.3 Å². The number of amides is 1. The van der Waals surface area contributed by atoms with Gasteiger partial charge >= 0.3 is 0 Å². The van der Waals surface area contributed by atoms with E-state index in [1.807, 2.05) is 31.2 Å². The smallest absolute Gasteiger partial charge is 0.248 e. The van der Waals surface area contributed by atoms with E-state index < -0.39 is 0 Å². The van der Waals surface area contributed by atoms with Gasteiger partial charge in [-0.1, -0.05) is 38.1 Å². The molecular formula is C13H17NO. The van der Waals surface area contributed by atoms with Gasteiger partial charge < -0.3 is 5.32 Å². The molecule has 15 heavy (non-hydrogen) atoms. The zero-order valence-electron chi connectivity index (χ0n) is 9.45. The van der Waals surface area contributed by atoms with E-state index in [4.69, 9.17) is 0 Å². The molecule has 80 valence electrons. The molecule has 0 aliphatic heterocycles. The molecule has 0 unspecified atom stereocenters. The minimum atomic E-state index is -0.0781. The van der Waals surface area contributed by atoms with E-state index in [9.17, 15) is 4.79 Å². The van der Waals surface area contributed by atoms with Crippen LogP contribution in [0.5, 0.6) is 0 Å². The first-order valence-electron chi connectivity index (χ1n) is 5.17. The van der Waals surface area contributed by atoms with Gasteiger partial charge in [-0.05, 0) is 30.5 Å². The molecule has 0 aromatic heterocycles. The number of rotatable bonds is 3. The molecule has 1 aromatic carbocycles. The first kappa shape index (κ1) is 11.5. The first-order valence-corrected chi connectivity index (χ1v) is 5.17. The van der Waals surface area contributed by atoms with E-state index in [0.29, 0.717) is 5.92 Å². The molecule has 0 saturated carbocycles. The molecule has 2 nitrogen and oxygen atoms in total. The molecule has 1 rings (SSSR count). The third-order valence-corrected chi connectivity index (χ3v) is 2.16. The highest BCUT2D eigenvalue weighted by Crippen LogP contribution is 2.23. The number of allylic oxidation sites excluding steroid dienone is 1. The summed E-state index contributed by atoms with van der Waals surface area (Å²) >= 11 is 0. The molecule has 1 N–H and O–H groups in total. The number of nitrogens with one attached hydrogen (secondary N) is 1. The zero-order valence-corrected chi connectivity index (χ0v) is 9.45. The Labute approximate surface area is 91.0 Å². The van der Waals surface area contributed by atoms with Gasteiger partial charge in [-0.2, -0.15) is 0 Å². The fourth-order valence-electron chi connectivity index (χ4n) is 1.44. The van der Waals surface area contributed by atoms with Gasteiger partial charge in [-0.3, -0.25) is 4.79 Å². The summed E-state index contributed by atoms with van der Waals surface area (Å²) in [5.41, 5.74) is 2.06. The number of benzene rings is 1. The highest BCUT2D eigenvalue weighted by atomic mass is 16.1. The summed E-state index contributed by atoms with van der Waals surface area (Å²) in [6.07, 6.45) is 3.25. The Balaban J connectivity index is 2.89. The first-order chi connectivity index (χ1) is 7.15. The van der Waals surface area contributed by atoms with Crippen LogP contribution in [0, 0.1) is 0 Å². The summed E-state index contributed by atoms with van der Waals surface area (Å²) in [7, 11) is 0. The van der Waals surface area contributed by atoms with Crippen molar-refractivity contribution < 1.29 is 4.79 Å². The van der Waals surface area contributed by atoms with Gasteiger partial charge in [-0.25, -0.2) is 0 Å². The van der Waals surface area contributed by atoms with Crippen LogP contribution in [0.25, 0.3) is 0 Å². The van der Waals surface area contributed by atoms with Crippen LogP contribution in [0.15, 0.2) is 36.4 Å². The summed E-state index contributed by atoms with van der Waals surface area (Å²) in [6.45, 7) is 6.05. The van der Waals surface area contributed by atoms with Gasteiger partial charge in [-0.15, -0.1) is 0 Å². The lowest BCUT2D eigenvalue weighted by molar-refractivity contribution is -0.111. The third-order valence-electron chi connectivity index (χ3n) is 2.16. The Hall–Kier alpha value is -1.57. The highest BCUT2D eigenvalue weighted by molar-refractivity contribution is 5.99. The molecular weight excluding hydrogens is 186 g/mol. The lowest BCUT2D eigenvalue weighted by Gasteiger charge is -2.12. The zero-order chi connectivity index (χ0) is 11.3. The van der Waals surface area contributed by atoms with Crippen LogP contribution in [0.4, 0.5) is 5.69 Å². The van der Waals surface area contributed by atoms with E-state index in [2.05, 4.69) is 19.2 Å². The molecule has 0 fully saturated rings. The van der Waals surface area contributed by atoms with Gasteiger partial charge in [0.25, 0.3) is 0 Å². The van der Waals surface area contributed by atoms with E-state index in [1.54, 1.807) is 6.08 Å². The molecule has 0 heterocycles. The topological polar surface area (TPSA) is 29.1 Å². The monoisotopic (exact) mass is 203 g/mol. The molecule has 0 aliphatic rings. The second-order valence-electron chi connectivity index (χ2n) is 3.73. The van der Waals surface area contributed by atoms with Crippen molar-refractivity contribution in [3.8, 4) is 0 Å². The quantitative estimate of drug-likeness (QED) is 0.750. The number of anilines is 1. The van der Waals surface area contributed by atoms with Crippen LogP contribution in [-0.4, -0.2) is 5.91 Å². The summed E-state index contributed by atoms with van der Waals surface area (Å²) in [6, 6.07) is 7.88. The van der Waals surface area contributed by atoms with Crippen molar-refractivity contribution in [2.45, 2.75) is 26.7 Å². The minimum absolute atomic E-state index is 0.0781. The average molecular weight is 203 g/mol. The normalized spacial score (nSPS) is 10.9. The molecule has 1 amide bonds. The maximum absolute atomic E-state index is 11.4. The van der Waals surface area contributed by atoms with Crippen molar-refractivity contribution >= 4 is 11.6 Å². The lowest BCUT2D eigenvalue weighted by atomic mass is 10.0. The number of hydrogen-bond acceptors (Lipinski definition) is 1. The van der Waals surface area contributed by atoms with Crippen LogP contribution in [-0.2, 0) is 4.79 Å². The number of carbonyl (C=O) groups is 1. The maximum atomic E-state index is 11.4. The molecule has 2 heteroatoms. The summed E-state index contributed by atoms with van der Waals surface area (Å²) in [5, 5.41) is 2.87.